The smallest absolute Gasteiger partial charge is 0.159 e. The Morgan fingerprint density at radius 3 is 1.52 bits per heavy atom. The number of ketones is 2. The highest BCUT2D eigenvalue weighted by atomic mass is 16.1. The summed E-state index contributed by atoms with van der Waals surface area (Å²) in [6.07, 6.45) is 6.25. The Hall–Kier alpha value is -5.94. The van der Waals surface area contributed by atoms with E-state index in [0.717, 1.165) is 76.1 Å². The molecule has 2 saturated heterocycles. The third-order valence-electron chi connectivity index (χ3n) is 11.5. The van der Waals surface area contributed by atoms with Gasteiger partial charge < -0.3 is 0 Å². The minimum Gasteiger partial charge on any atom is -0.299 e. The lowest BCUT2D eigenvalue weighted by molar-refractivity contribution is 0.100. The average Bonchev–Trinajstić information content (AvgIpc) is 3.27. The number of hydrogen-bond acceptors (Lipinski definition) is 4. The van der Waals surface area contributed by atoms with Crippen molar-refractivity contribution in [1.29, 1.82) is 0 Å². The summed E-state index contributed by atoms with van der Waals surface area (Å²) in [6, 6.07) is 52.7. The van der Waals surface area contributed by atoms with Crippen LogP contribution in [0.1, 0.15) is 88.1 Å². The van der Waals surface area contributed by atoms with Gasteiger partial charge in [0, 0.05) is 50.4 Å². The van der Waals surface area contributed by atoms with Crippen LogP contribution < -0.4 is 0 Å². The Morgan fingerprint density at radius 1 is 0.500 bits per heavy atom. The SMILES string of the molecule is C=CCN1CCC(=C(c2ccc(C(C)=O)cc2)c2cccc3ccccc23)CC1.CC(=O)c1ccc(C(=C2CCN(Cc3ccccc3)CC2)c2ccccc2)cc1. The van der Waals surface area contributed by atoms with Crippen LogP contribution >= 0.6 is 0 Å². The van der Waals surface area contributed by atoms with Gasteiger partial charge in [-0.2, -0.15) is 0 Å². The van der Waals surface area contributed by atoms with Crippen molar-refractivity contribution in [2.75, 3.05) is 32.7 Å². The van der Waals surface area contributed by atoms with Crippen LogP contribution in [0.15, 0.2) is 175 Å². The topological polar surface area (TPSA) is 40.6 Å². The molecule has 2 heterocycles. The van der Waals surface area contributed by atoms with Gasteiger partial charge >= 0.3 is 0 Å². The van der Waals surface area contributed by atoms with E-state index in [1.165, 1.54) is 60.9 Å². The van der Waals surface area contributed by atoms with Crippen molar-refractivity contribution in [3.8, 4) is 0 Å². The van der Waals surface area contributed by atoms with Gasteiger partial charge in [-0.05, 0) is 89.3 Å². The van der Waals surface area contributed by atoms with Crippen LogP contribution in [0.4, 0.5) is 0 Å². The highest BCUT2D eigenvalue weighted by molar-refractivity contribution is 6.00. The maximum atomic E-state index is 11.7. The van der Waals surface area contributed by atoms with Crippen LogP contribution in [0.5, 0.6) is 0 Å². The molecular formula is C54H54N2O2. The van der Waals surface area contributed by atoms with Crippen LogP contribution in [0.25, 0.3) is 21.9 Å². The van der Waals surface area contributed by atoms with Crippen LogP contribution in [-0.2, 0) is 6.54 Å². The highest BCUT2D eigenvalue weighted by Crippen LogP contribution is 2.37. The molecule has 0 unspecified atom stereocenters. The van der Waals surface area contributed by atoms with Crippen LogP contribution in [0, 0.1) is 0 Å². The zero-order chi connectivity index (χ0) is 40.3. The van der Waals surface area contributed by atoms with E-state index in [4.69, 9.17) is 0 Å². The van der Waals surface area contributed by atoms with E-state index in [2.05, 4.69) is 144 Å². The summed E-state index contributed by atoms with van der Waals surface area (Å²) < 4.78 is 0. The average molecular weight is 763 g/mol. The van der Waals surface area contributed by atoms with Crippen molar-refractivity contribution in [2.24, 2.45) is 0 Å². The summed E-state index contributed by atoms with van der Waals surface area (Å²) in [6.45, 7) is 13.3. The molecule has 0 aliphatic carbocycles. The Kier molecular flexibility index (Phi) is 13.5. The Labute approximate surface area is 344 Å². The molecule has 0 saturated carbocycles. The van der Waals surface area contributed by atoms with Gasteiger partial charge in [-0.3, -0.25) is 19.4 Å². The molecule has 292 valence electrons. The van der Waals surface area contributed by atoms with Crippen LogP contribution in [0.2, 0.25) is 0 Å². The summed E-state index contributed by atoms with van der Waals surface area (Å²) in [5.41, 5.74) is 13.5. The van der Waals surface area contributed by atoms with E-state index in [0.29, 0.717) is 0 Å². The lowest BCUT2D eigenvalue weighted by Gasteiger charge is -2.30. The fraction of sp³-hybridized carbons (Fsp3) is 0.222. The quantitative estimate of drug-likeness (QED) is 0.103. The molecule has 0 bridgehead atoms. The first-order chi connectivity index (χ1) is 28.4. The lowest BCUT2D eigenvalue weighted by atomic mass is 9.86. The Morgan fingerprint density at radius 2 is 0.948 bits per heavy atom. The monoisotopic (exact) mass is 762 g/mol. The molecule has 8 rings (SSSR count). The third-order valence-corrected chi connectivity index (χ3v) is 11.5. The largest absolute Gasteiger partial charge is 0.299 e. The fourth-order valence-electron chi connectivity index (χ4n) is 8.43. The number of likely N-dealkylation sites (tertiary alicyclic amines) is 2. The molecule has 0 atom stereocenters. The Bertz CT molecular complexity index is 2380. The van der Waals surface area contributed by atoms with Crippen molar-refractivity contribution >= 4 is 33.5 Å². The number of hydrogen-bond donors (Lipinski definition) is 0. The zero-order valence-corrected chi connectivity index (χ0v) is 34.0. The van der Waals surface area contributed by atoms with Crippen LogP contribution in [-0.4, -0.2) is 54.1 Å². The number of piperidine rings is 2. The van der Waals surface area contributed by atoms with Gasteiger partial charge in [-0.25, -0.2) is 0 Å². The molecule has 0 N–H and O–H groups in total. The third kappa shape index (κ3) is 9.95. The predicted molar refractivity (Wildman–Crippen MR) is 242 cm³/mol. The second kappa shape index (κ2) is 19.5. The molecule has 2 aliphatic rings. The van der Waals surface area contributed by atoms with Crippen LogP contribution in [0.3, 0.4) is 0 Å². The van der Waals surface area contributed by atoms with E-state index in [9.17, 15) is 9.59 Å². The van der Waals surface area contributed by atoms with Gasteiger partial charge in [-0.1, -0.05) is 169 Å². The van der Waals surface area contributed by atoms with Crippen molar-refractivity contribution in [2.45, 2.75) is 46.1 Å². The maximum absolute atomic E-state index is 11.7. The van der Waals surface area contributed by atoms with E-state index < -0.39 is 0 Å². The number of carbonyl (C=O) groups excluding carboxylic acids is 2. The van der Waals surface area contributed by atoms with E-state index >= 15 is 0 Å². The van der Waals surface area contributed by atoms with E-state index in [1.807, 2.05) is 30.3 Å². The number of Topliss-reactive ketones (excluding diaryl/α,β-unsaturated/α-hetero) is 2. The van der Waals surface area contributed by atoms with Gasteiger partial charge in [-0.15, -0.1) is 6.58 Å². The summed E-state index contributed by atoms with van der Waals surface area (Å²) in [7, 11) is 0. The molecule has 4 nitrogen and oxygen atoms in total. The molecule has 6 aromatic rings. The maximum Gasteiger partial charge on any atom is 0.159 e. The number of nitrogens with zero attached hydrogens (tertiary/aromatic N) is 2. The van der Waals surface area contributed by atoms with Gasteiger partial charge in [0.05, 0.1) is 0 Å². The summed E-state index contributed by atoms with van der Waals surface area (Å²) in [5.74, 6) is 0.216. The van der Waals surface area contributed by atoms with Crippen molar-refractivity contribution < 1.29 is 9.59 Å². The summed E-state index contributed by atoms with van der Waals surface area (Å²) in [4.78, 5) is 28.4. The lowest BCUT2D eigenvalue weighted by Crippen LogP contribution is -2.31. The molecule has 2 fully saturated rings. The molecule has 0 spiro atoms. The second-order valence-electron chi connectivity index (χ2n) is 15.5. The van der Waals surface area contributed by atoms with E-state index in [1.54, 1.807) is 13.8 Å². The number of benzene rings is 6. The molecule has 58 heavy (non-hydrogen) atoms. The zero-order valence-electron chi connectivity index (χ0n) is 34.0. The molecule has 0 amide bonds. The first kappa shape index (κ1) is 40.3. The Balaban J connectivity index is 0.000000177. The summed E-state index contributed by atoms with van der Waals surface area (Å²) >= 11 is 0. The minimum atomic E-state index is 0.105. The van der Waals surface area contributed by atoms with Gasteiger partial charge in [0.2, 0.25) is 0 Å². The number of carbonyl (C=O) groups is 2. The molecule has 0 radical (unpaired) electrons. The molecule has 4 heteroatoms. The van der Waals surface area contributed by atoms with Gasteiger partial charge in [0.25, 0.3) is 0 Å². The van der Waals surface area contributed by atoms with Gasteiger partial charge in [0.15, 0.2) is 11.6 Å². The molecule has 6 aromatic carbocycles. The van der Waals surface area contributed by atoms with Crippen molar-refractivity contribution in [1.82, 2.24) is 9.80 Å². The fourth-order valence-corrected chi connectivity index (χ4v) is 8.43. The predicted octanol–water partition coefficient (Wildman–Crippen LogP) is 12.1. The van der Waals surface area contributed by atoms with Crippen molar-refractivity contribution in [3.63, 3.8) is 0 Å². The van der Waals surface area contributed by atoms with Gasteiger partial charge in [0.1, 0.15) is 0 Å². The standard InChI is InChI=1S/2C27H27NO/c1-21(29)23-12-14-25(15-13-23)27(24-10-6-3-7-11-24)26-16-18-28(19-17-26)20-22-8-4-2-5-9-22;1-3-17-28-18-15-24(16-19-28)27(23-13-11-21(12-14-23)20(2)29)26-10-6-8-22-7-4-5-9-25(22)26/h2-15H,16-20H2,1H3;3-14H,1,15-19H2,2H3. The number of fused-ring (bicyclic) bond motifs is 1. The number of rotatable bonds is 10. The first-order valence-corrected chi connectivity index (χ1v) is 20.7. The second-order valence-corrected chi connectivity index (χ2v) is 15.5. The van der Waals surface area contributed by atoms with E-state index in [-0.39, 0.29) is 11.6 Å². The molecule has 0 aromatic heterocycles. The normalized spacial score (nSPS) is 14.7. The molecular weight excluding hydrogens is 709 g/mol. The first-order valence-electron chi connectivity index (χ1n) is 20.7. The summed E-state index contributed by atoms with van der Waals surface area (Å²) in [5, 5.41) is 2.54. The minimum absolute atomic E-state index is 0.105. The highest BCUT2D eigenvalue weighted by Gasteiger charge is 2.21. The molecule has 2 aliphatic heterocycles. The van der Waals surface area contributed by atoms with Crippen molar-refractivity contribution in [3.05, 3.63) is 214 Å².